The van der Waals surface area contributed by atoms with E-state index in [2.05, 4.69) is 4.85 Å². The summed E-state index contributed by atoms with van der Waals surface area (Å²) in [6.45, 7) is 9.79. The molecule has 2 nitrogen and oxygen atoms in total. The largest absolute Gasteiger partial charge is 0.338 e. The average Bonchev–Trinajstić information content (AvgIpc) is 1.91. The van der Waals surface area contributed by atoms with Crippen LogP contribution in [0.1, 0.15) is 19.3 Å². The van der Waals surface area contributed by atoms with E-state index in [9.17, 15) is 0 Å². The SMILES string of the molecule is [C-]#[N+]C[NH+]1CCCCC1. The molecule has 1 rings (SSSR count). The van der Waals surface area contributed by atoms with Crippen molar-refractivity contribution in [2.75, 3.05) is 19.8 Å². The Morgan fingerprint density at radius 2 is 1.89 bits per heavy atom. The van der Waals surface area contributed by atoms with Gasteiger partial charge in [-0.15, -0.1) is 0 Å². The standard InChI is InChI=1S/C7H12N2/c1-8-7-9-5-3-2-4-6-9/h2-7H2/p+1. The monoisotopic (exact) mass is 125 g/mol. The molecule has 0 aromatic rings. The van der Waals surface area contributed by atoms with E-state index in [0.29, 0.717) is 6.67 Å². The minimum Gasteiger partial charge on any atom is -0.268 e. The fourth-order valence-corrected chi connectivity index (χ4v) is 1.32. The summed E-state index contributed by atoms with van der Waals surface area (Å²) in [6, 6.07) is 0. The van der Waals surface area contributed by atoms with E-state index in [4.69, 9.17) is 6.57 Å². The van der Waals surface area contributed by atoms with E-state index in [0.717, 1.165) is 0 Å². The Morgan fingerprint density at radius 3 is 2.44 bits per heavy atom. The Kier molecular flexibility index (Phi) is 2.53. The van der Waals surface area contributed by atoms with Crippen molar-refractivity contribution < 1.29 is 4.90 Å². The maximum atomic E-state index is 6.64. The van der Waals surface area contributed by atoms with Gasteiger partial charge in [-0.2, -0.15) is 0 Å². The lowest BCUT2D eigenvalue weighted by molar-refractivity contribution is -0.899. The molecule has 0 atom stereocenters. The van der Waals surface area contributed by atoms with Crippen LogP contribution in [0.25, 0.3) is 4.85 Å². The van der Waals surface area contributed by atoms with Gasteiger partial charge in [-0.05, 0) is 19.3 Å². The Balaban J connectivity index is 2.17. The average molecular weight is 125 g/mol. The molecule has 1 heterocycles. The molecule has 0 spiro atoms. The van der Waals surface area contributed by atoms with Crippen molar-refractivity contribution in [3.05, 3.63) is 11.4 Å². The van der Waals surface area contributed by atoms with Gasteiger partial charge in [0.25, 0.3) is 0 Å². The van der Waals surface area contributed by atoms with Crippen molar-refractivity contribution in [2.24, 2.45) is 0 Å². The molecule has 9 heavy (non-hydrogen) atoms. The van der Waals surface area contributed by atoms with E-state index in [1.807, 2.05) is 0 Å². The van der Waals surface area contributed by atoms with Gasteiger partial charge in [0.2, 0.25) is 0 Å². The van der Waals surface area contributed by atoms with Crippen LogP contribution >= 0.6 is 0 Å². The highest BCUT2D eigenvalue weighted by Gasteiger charge is 2.13. The zero-order valence-corrected chi connectivity index (χ0v) is 5.69. The Labute approximate surface area is 56.3 Å². The maximum Gasteiger partial charge on any atom is 0.338 e. The number of rotatable bonds is 1. The van der Waals surface area contributed by atoms with Gasteiger partial charge in [-0.25, -0.2) is 6.57 Å². The number of hydrogen-bond acceptors (Lipinski definition) is 0. The lowest BCUT2D eigenvalue weighted by Gasteiger charge is -2.17. The predicted molar refractivity (Wildman–Crippen MR) is 36.0 cm³/mol. The summed E-state index contributed by atoms with van der Waals surface area (Å²) in [4.78, 5) is 4.85. The van der Waals surface area contributed by atoms with E-state index < -0.39 is 0 Å². The number of likely N-dealkylation sites (tertiary alicyclic amines) is 1. The number of quaternary nitrogens is 1. The van der Waals surface area contributed by atoms with Gasteiger partial charge in [0, 0.05) is 0 Å². The van der Waals surface area contributed by atoms with Gasteiger partial charge < -0.3 is 0 Å². The Hall–Kier alpha value is -0.550. The zero-order chi connectivity index (χ0) is 6.53. The molecule has 0 aliphatic carbocycles. The van der Waals surface area contributed by atoms with E-state index in [1.54, 1.807) is 0 Å². The molecular formula is C7H13N2+. The highest BCUT2D eigenvalue weighted by Crippen LogP contribution is 1.93. The van der Waals surface area contributed by atoms with Crippen LogP contribution in [0.2, 0.25) is 0 Å². The second kappa shape index (κ2) is 3.47. The third-order valence-electron chi connectivity index (χ3n) is 1.86. The smallest absolute Gasteiger partial charge is 0.268 e. The first kappa shape index (κ1) is 6.57. The van der Waals surface area contributed by atoms with Crippen LogP contribution in [0, 0.1) is 6.57 Å². The summed E-state index contributed by atoms with van der Waals surface area (Å²) >= 11 is 0. The first-order chi connectivity index (χ1) is 4.43. The molecule has 0 unspecified atom stereocenters. The number of nitrogens with one attached hydrogen (secondary N) is 1. The van der Waals surface area contributed by atoms with E-state index in [-0.39, 0.29) is 0 Å². The van der Waals surface area contributed by atoms with Crippen molar-refractivity contribution in [3.8, 4) is 0 Å². The summed E-state index contributed by atoms with van der Waals surface area (Å²) in [6.07, 6.45) is 4.03. The summed E-state index contributed by atoms with van der Waals surface area (Å²) in [5.74, 6) is 0. The lowest BCUT2D eigenvalue weighted by atomic mass is 10.1. The van der Waals surface area contributed by atoms with Gasteiger partial charge in [0.1, 0.15) is 0 Å². The molecule has 0 radical (unpaired) electrons. The number of nitrogens with zero attached hydrogens (tertiary/aromatic N) is 1. The van der Waals surface area contributed by atoms with Crippen LogP contribution in [-0.2, 0) is 0 Å². The molecule has 50 valence electrons. The molecule has 0 bridgehead atoms. The van der Waals surface area contributed by atoms with Crippen LogP contribution < -0.4 is 4.90 Å². The first-order valence-corrected chi connectivity index (χ1v) is 3.60. The molecule has 2 heteroatoms. The Bertz CT molecular complexity index is 109. The third-order valence-corrected chi connectivity index (χ3v) is 1.86. The molecule has 1 fully saturated rings. The van der Waals surface area contributed by atoms with Crippen LogP contribution in [0.15, 0.2) is 0 Å². The summed E-state index contributed by atoms with van der Waals surface area (Å²) < 4.78 is 0. The van der Waals surface area contributed by atoms with E-state index >= 15 is 0 Å². The van der Waals surface area contributed by atoms with Crippen LogP contribution in [0.5, 0.6) is 0 Å². The summed E-state index contributed by atoms with van der Waals surface area (Å²) in [7, 11) is 0. The van der Waals surface area contributed by atoms with Gasteiger partial charge >= 0.3 is 6.67 Å². The molecule has 0 aromatic carbocycles. The first-order valence-electron chi connectivity index (χ1n) is 3.60. The second-order valence-electron chi connectivity index (χ2n) is 2.63. The number of hydrogen-bond donors (Lipinski definition) is 1. The van der Waals surface area contributed by atoms with Crippen molar-refractivity contribution in [1.82, 2.24) is 0 Å². The molecule has 1 aliphatic rings. The number of piperidine rings is 1. The topological polar surface area (TPSA) is 8.80 Å². The molecule has 1 saturated heterocycles. The van der Waals surface area contributed by atoms with Crippen LogP contribution in [0.3, 0.4) is 0 Å². The van der Waals surface area contributed by atoms with Gasteiger partial charge in [-0.1, -0.05) is 0 Å². The predicted octanol–water partition coefficient (Wildman–Crippen LogP) is -0.0680. The van der Waals surface area contributed by atoms with Crippen LogP contribution in [-0.4, -0.2) is 19.8 Å². The molecule has 1 aliphatic heterocycles. The minimum atomic E-state index is 0.694. The van der Waals surface area contributed by atoms with Gasteiger partial charge in [0.05, 0.1) is 13.1 Å². The molecule has 0 saturated carbocycles. The molecular weight excluding hydrogens is 112 g/mol. The zero-order valence-electron chi connectivity index (χ0n) is 5.69. The minimum absolute atomic E-state index is 0.694. The Morgan fingerprint density at radius 1 is 1.22 bits per heavy atom. The normalized spacial score (nSPS) is 21.2. The van der Waals surface area contributed by atoms with Gasteiger partial charge in [-0.3, -0.25) is 9.74 Å². The maximum absolute atomic E-state index is 6.64. The van der Waals surface area contributed by atoms with Crippen molar-refractivity contribution in [1.29, 1.82) is 0 Å². The molecule has 0 amide bonds. The lowest BCUT2D eigenvalue weighted by Crippen LogP contribution is -3.12. The highest BCUT2D eigenvalue weighted by atomic mass is 15.2. The molecule has 1 N–H and O–H groups in total. The second-order valence-corrected chi connectivity index (χ2v) is 2.63. The summed E-state index contributed by atoms with van der Waals surface area (Å²) in [5, 5.41) is 0. The molecule has 0 aromatic heterocycles. The van der Waals surface area contributed by atoms with Crippen LogP contribution in [0.4, 0.5) is 0 Å². The fourth-order valence-electron chi connectivity index (χ4n) is 1.32. The van der Waals surface area contributed by atoms with E-state index in [1.165, 1.54) is 37.3 Å². The highest BCUT2D eigenvalue weighted by molar-refractivity contribution is 4.50. The van der Waals surface area contributed by atoms with Crippen molar-refractivity contribution in [2.45, 2.75) is 19.3 Å². The van der Waals surface area contributed by atoms with Gasteiger partial charge in [0.15, 0.2) is 0 Å². The van der Waals surface area contributed by atoms with Crippen molar-refractivity contribution in [3.63, 3.8) is 0 Å². The quantitative estimate of drug-likeness (QED) is 0.470. The summed E-state index contributed by atoms with van der Waals surface area (Å²) in [5.41, 5.74) is 0. The fraction of sp³-hybridized carbons (Fsp3) is 0.857. The van der Waals surface area contributed by atoms with Crippen molar-refractivity contribution >= 4 is 0 Å². The third kappa shape index (κ3) is 2.03.